The van der Waals surface area contributed by atoms with Gasteiger partial charge in [0.25, 0.3) is 0 Å². The quantitative estimate of drug-likeness (QED) is 0.286. The molecule has 0 saturated carbocycles. The summed E-state index contributed by atoms with van der Waals surface area (Å²) in [5.41, 5.74) is 8.18. The van der Waals surface area contributed by atoms with Crippen LogP contribution in [0.2, 0.25) is 0 Å². The van der Waals surface area contributed by atoms with Crippen molar-refractivity contribution in [2.75, 3.05) is 5.73 Å². The molecule has 5 aromatic rings. The minimum atomic E-state index is -0.371. The molecule has 2 N–H and O–H groups in total. The first-order chi connectivity index (χ1) is 11.6. The fraction of sp³-hybridized carbons (Fsp3) is 0. The molecule has 0 fully saturated rings. The van der Waals surface area contributed by atoms with Crippen molar-refractivity contribution >= 4 is 107 Å². The van der Waals surface area contributed by atoms with Crippen molar-refractivity contribution in [2.24, 2.45) is 3.96 Å². The molecule has 0 radical (unpaired) electrons. The number of hydrogen-bond donors (Lipinski definition) is 1. The number of anilines is 1. The fourth-order valence-electron chi connectivity index (χ4n) is 3.06. The van der Waals surface area contributed by atoms with Crippen LogP contribution in [0.15, 0.2) is 14.7 Å². The van der Waals surface area contributed by atoms with E-state index < -0.39 is 0 Å². The molecule has 118 valence electrons. The monoisotopic (exact) mass is 490 g/mol. The van der Waals surface area contributed by atoms with Crippen LogP contribution in [0.3, 0.4) is 0 Å². The molecule has 5 rings (SSSR count). The van der Waals surface area contributed by atoms with Gasteiger partial charge in [-0.3, -0.25) is 0 Å². The Morgan fingerprint density at radius 1 is 0.958 bits per heavy atom. The van der Waals surface area contributed by atoms with Crippen LogP contribution in [0.5, 0.6) is 0 Å². The third-order valence-corrected chi connectivity index (χ3v) is 7.44. The predicted octanol–water partition coefficient (Wildman–Crippen LogP) is 4.11. The van der Waals surface area contributed by atoms with E-state index in [-0.39, 0.29) is 26.6 Å². The molecule has 4 nitrogen and oxygen atoms in total. The Kier molecular flexibility index (Phi) is 3.20. The number of benzene rings is 2. The Morgan fingerprint density at radius 3 is 2.21 bits per heavy atom. The van der Waals surface area contributed by atoms with Crippen LogP contribution in [-0.4, -0.2) is 38.7 Å². The van der Waals surface area contributed by atoms with Gasteiger partial charge in [0.2, 0.25) is 0 Å². The van der Waals surface area contributed by atoms with Crippen molar-refractivity contribution in [1.82, 2.24) is 7.96 Å². The average molecular weight is 488 g/mol. The van der Waals surface area contributed by atoms with E-state index in [9.17, 15) is 8.78 Å². The van der Waals surface area contributed by atoms with Gasteiger partial charge >= 0.3 is 156 Å². The van der Waals surface area contributed by atoms with Crippen LogP contribution in [0.25, 0.3) is 42.0 Å². The van der Waals surface area contributed by atoms with E-state index in [0.29, 0.717) is 48.0 Å². The first-order valence-electron chi connectivity index (χ1n) is 6.59. The zero-order valence-corrected chi connectivity index (χ0v) is 16.5. The van der Waals surface area contributed by atoms with Crippen LogP contribution >= 0.6 is 22.7 Å². The molecule has 0 aliphatic carbocycles. The summed E-state index contributed by atoms with van der Waals surface area (Å²) in [5, 5.41) is 5.12. The summed E-state index contributed by atoms with van der Waals surface area (Å²) in [5.74, 6) is -0.701. The Labute approximate surface area is 155 Å². The first-order valence-corrected chi connectivity index (χ1v) is 10.6. The van der Waals surface area contributed by atoms with Crippen molar-refractivity contribution in [3.63, 3.8) is 0 Å². The van der Waals surface area contributed by atoms with Crippen LogP contribution < -0.4 is 5.73 Å². The number of halogens is 2. The SMILES string of the molecule is Nc1c(N=[Se])c2c(F)csc2c2c3n[se]nc3c3c(F)csc3c12. The second kappa shape index (κ2) is 5.11. The summed E-state index contributed by atoms with van der Waals surface area (Å²) in [4.78, 5) is 0. The Hall–Kier alpha value is -1.28. The van der Waals surface area contributed by atoms with E-state index in [1.54, 1.807) is 0 Å². The molecule has 0 spiro atoms. The van der Waals surface area contributed by atoms with Gasteiger partial charge < -0.3 is 0 Å². The Bertz CT molecular complexity index is 1320. The van der Waals surface area contributed by atoms with E-state index in [2.05, 4.69) is 27.7 Å². The summed E-state index contributed by atoms with van der Waals surface area (Å²) in [7, 11) is 0. The second-order valence-corrected chi connectivity index (χ2v) is 8.39. The van der Waals surface area contributed by atoms with E-state index in [1.807, 2.05) is 0 Å². The molecule has 0 saturated heterocycles. The van der Waals surface area contributed by atoms with Crippen molar-refractivity contribution < 1.29 is 8.78 Å². The predicted molar refractivity (Wildman–Crippen MR) is 96.9 cm³/mol. The fourth-order valence-corrected chi connectivity index (χ4v) is 6.58. The van der Waals surface area contributed by atoms with E-state index in [1.165, 1.54) is 33.4 Å². The van der Waals surface area contributed by atoms with Crippen molar-refractivity contribution in [3.8, 4) is 0 Å². The number of aromatic nitrogens is 2. The molecule has 0 aliphatic rings. The third-order valence-electron chi connectivity index (χ3n) is 4.01. The van der Waals surface area contributed by atoms with E-state index >= 15 is 0 Å². The molecular weight excluding hydrogens is 484 g/mol. The van der Waals surface area contributed by atoms with Crippen LogP contribution in [0.1, 0.15) is 0 Å². The van der Waals surface area contributed by atoms with Crippen LogP contribution in [0.4, 0.5) is 20.2 Å². The number of fused-ring (bicyclic) bond motifs is 8. The molecule has 0 aliphatic heterocycles. The number of nitrogens with zero attached hydrogens (tertiary/aromatic N) is 3. The zero-order valence-electron chi connectivity index (χ0n) is 11.5. The summed E-state index contributed by atoms with van der Waals surface area (Å²) in [6.07, 6.45) is 0. The number of rotatable bonds is 1. The third kappa shape index (κ3) is 1.71. The molecule has 0 amide bonds. The topological polar surface area (TPSA) is 64.2 Å². The molecule has 10 heteroatoms. The summed E-state index contributed by atoms with van der Waals surface area (Å²) < 4.78 is 43.1. The second-order valence-electron chi connectivity index (χ2n) is 5.14. The Balaban J connectivity index is 2.28. The number of hydrogen-bond acceptors (Lipinski definition) is 6. The maximum atomic E-state index is 14.3. The zero-order chi connectivity index (χ0) is 16.6. The van der Waals surface area contributed by atoms with Gasteiger partial charge in [0.15, 0.2) is 0 Å². The minimum absolute atomic E-state index is 0.330. The number of thiophene rings is 2. The summed E-state index contributed by atoms with van der Waals surface area (Å²) in [6, 6.07) is 0. The van der Waals surface area contributed by atoms with Gasteiger partial charge in [-0.05, 0) is 0 Å². The standard InChI is InChI=1S/C14H4F2N4S2Se2/c15-3-1-22-14-5(3)10(18-23)9(17)7-8(14)12-11(19-24-20-12)6-4(16)2-21-13(6)7/h1-2H,17H2. The maximum absolute atomic E-state index is 14.3. The van der Waals surface area contributed by atoms with Gasteiger partial charge in [0.1, 0.15) is 0 Å². The van der Waals surface area contributed by atoms with Crippen LogP contribution in [-0.2, 0) is 0 Å². The molecule has 2 aromatic carbocycles. The molecule has 24 heavy (non-hydrogen) atoms. The summed E-state index contributed by atoms with van der Waals surface area (Å²) >= 11 is 4.76. The molecule has 3 heterocycles. The molecule has 0 unspecified atom stereocenters. The van der Waals surface area contributed by atoms with Gasteiger partial charge in [-0.1, -0.05) is 0 Å². The van der Waals surface area contributed by atoms with Gasteiger partial charge in [-0.25, -0.2) is 0 Å². The molecular formula is C14H4F2N4S2Se2. The van der Waals surface area contributed by atoms with Crippen molar-refractivity contribution in [3.05, 3.63) is 22.4 Å². The molecule has 0 bridgehead atoms. The van der Waals surface area contributed by atoms with Crippen molar-refractivity contribution in [2.45, 2.75) is 0 Å². The molecule has 0 atom stereocenters. The van der Waals surface area contributed by atoms with Crippen molar-refractivity contribution in [1.29, 1.82) is 0 Å². The summed E-state index contributed by atoms with van der Waals surface area (Å²) in [6.45, 7) is 0. The average Bonchev–Trinajstić information content (AvgIpc) is 3.27. The first kappa shape index (κ1) is 15.0. The van der Waals surface area contributed by atoms with E-state index in [0.717, 1.165) is 5.39 Å². The number of nitrogens with two attached hydrogens (primary N) is 1. The molecule has 3 aromatic heterocycles. The number of nitrogen functional groups attached to an aromatic ring is 1. The van der Waals surface area contributed by atoms with Gasteiger partial charge in [-0.15, -0.1) is 0 Å². The van der Waals surface area contributed by atoms with Gasteiger partial charge in [0, 0.05) is 0 Å². The van der Waals surface area contributed by atoms with E-state index in [4.69, 9.17) is 5.73 Å². The van der Waals surface area contributed by atoms with Gasteiger partial charge in [0.05, 0.1) is 0 Å². The Morgan fingerprint density at radius 2 is 1.54 bits per heavy atom. The normalized spacial score (nSPS) is 12.1. The van der Waals surface area contributed by atoms with Gasteiger partial charge in [-0.2, -0.15) is 0 Å². The van der Waals surface area contributed by atoms with Crippen LogP contribution in [0, 0.1) is 11.6 Å².